The number of nitrogens with two attached hydrogens (primary N) is 1. The number of nitrogens with zero attached hydrogens (tertiary/aromatic N) is 2. The predicted molar refractivity (Wildman–Crippen MR) is 76.6 cm³/mol. The Hall–Kier alpha value is -1.26. The van der Waals surface area contributed by atoms with Gasteiger partial charge in [0.1, 0.15) is 5.82 Å². The Morgan fingerprint density at radius 2 is 2.11 bits per heavy atom. The van der Waals surface area contributed by atoms with Crippen LogP contribution in [0.15, 0.2) is 23.7 Å². The molecule has 0 radical (unpaired) electrons. The first-order valence-corrected chi connectivity index (χ1v) is 6.96. The van der Waals surface area contributed by atoms with Crippen molar-refractivity contribution in [3.63, 3.8) is 0 Å². The molecule has 3 nitrogen and oxygen atoms in total. The molecule has 0 bridgehead atoms. The van der Waals surface area contributed by atoms with Gasteiger partial charge in [0.05, 0.1) is 10.6 Å². The van der Waals surface area contributed by atoms with Gasteiger partial charge in [0.2, 0.25) is 0 Å². The van der Waals surface area contributed by atoms with Crippen LogP contribution < -0.4 is 5.73 Å². The second-order valence-corrected chi connectivity index (χ2v) is 6.25. The number of aromatic nitrogens is 2. The summed E-state index contributed by atoms with van der Waals surface area (Å²) in [6.45, 7) is 7.02. The molecule has 2 N–H and O–H groups in total. The van der Waals surface area contributed by atoms with Crippen LogP contribution in [0.3, 0.4) is 0 Å². The number of hydrogen-bond donors (Lipinski definition) is 1. The van der Waals surface area contributed by atoms with Crippen molar-refractivity contribution in [2.45, 2.75) is 27.2 Å². The van der Waals surface area contributed by atoms with Crippen LogP contribution in [-0.2, 0) is 6.42 Å². The number of rotatable bonds is 4. The molecule has 0 aliphatic heterocycles. The Labute approximate surface area is 112 Å². The highest BCUT2D eigenvalue weighted by atomic mass is 32.1. The fraction of sp³-hybridized carbons (Fsp3) is 0.429. The van der Waals surface area contributed by atoms with Gasteiger partial charge >= 0.3 is 0 Å². The molecule has 2 aromatic rings. The van der Waals surface area contributed by atoms with Gasteiger partial charge in [0.15, 0.2) is 0 Å². The summed E-state index contributed by atoms with van der Waals surface area (Å²) in [5, 5.41) is 2.09. The average Bonchev–Trinajstić information content (AvgIpc) is 2.75. The topological polar surface area (TPSA) is 51.8 Å². The van der Waals surface area contributed by atoms with Gasteiger partial charge in [-0.15, -0.1) is 11.3 Å². The molecule has 18 heavy (non-hydrogen) atoms. The molecule has 0 aromatic carbocycles. The quantitative estimate of drug-likeness (QED) is 0.920. The first-order chi connectivity index (χ1) is 8.52. The van der Waals surface area contributed by atoms with Gasteiger partial charge in [-0.25, -0.2) is 9.97 Å². The molecule has 0 amide bonds. The molecule has 2 rings (SSSR count). The molecule has 0 aliphatic rings. The van der Waals surface area contributed by atoms with Crippen molar-refractivity contribution in [1.82, 2.24) is 9.97 Å². The Bertz CT molecular complexity index is 531. The highest BCUT2D eigenvalue weighted by Crippen LogP contribution is 2.27. The summed E-state index contributed by atoms with van der Waals surface area (Å²) in [6, 6.07) is 4.09. The average molecular weight is 261 g/mol. The number of hydrogen-bond acceptors (Lipinski definition) is 4. The summed E-state index contributed by atoms with van der Waals surface area (Å²) in [4.78, 5) is 10.2. The van der Waals surface area contributed by atoms with Gasteiger partial charge in [-0.2, -0.15) is 0 Å². The van der Waals surface area contributed by atoms with E-state index in [1.807, 2.05) is 12.3 Å². The summed E-state index contributed by atoms with van der Waals surface area (Å²) in [5.41, 5.74) is 8.08. The van der Waals surface area contributed by atoms with Crippen LogP contribution in [0.2, 0.25) is 0 Å². The molecular formula is C14H19N3S. The zero-order valence-corrected chi connectivity index (χ0v) is 11.9. The van der Waals surface area contributed by atoms with Crippen molar-refractivity contribution in [2.24, 2.45) is 11.1 Å². The molecule has 0 saturated heterocycles. The van der Waals surface area contributed by atoms with Gasteiger partial charge in [-0.1, -0.05) is 13.8 Å². The zero-order valence-electron chi connectivity index (χ0n) is 11.1. The molecule has 0 spiro atoms. The fourth-order valence-electron chi connectivity index (χ4n) is 1.75. The van der Waals surface area contributed by atoms with Crippen LogP contribution >= 0.6 is 11.3 Å². The van der Waals surface area contributed by atoms with E-state index >= 15 is 0 Å². The van der Waals surface area contributed by atoms with Crippen molar-refractivity contribution in [3.05, 3.63) is 35.1 Å². The number of thiophene rings is 1. The first-order valence-electron chi connectivity index (χ1n) is 6.08. The molecule has 0 atom stereocenters. The second kappa shape index (κ2) is 5.16. The van der Waals surface area contributed by atoms with E-state index in [4.69, 9.17) is 5.73 Å². The SMILES string of the molecule is Cc1ccsc1-c1ccnc(CC(C)(C)CN)n1. The lowest BCUT2D eigenvalue weighted by Gasteiger charge is -2.21. The normalized spacial score (nSPS) is 11.8. The van der Waals surface area contributed by atoms with Crippen LogP contribution in [0, 0.1) is 12.3 Å². The molecule has 4 heteroatoms. The molecular weight excluding hydrogens is 242 g/mol. The van der Waals surface area contributed by atoms with Gasteiger partial charge in [0, 0.05) is 12.6 Å². The molecule has 0 unspecified atom stereocenters. The predicted octanol–water partition coefficient (Wildman–Crippen LogP) is 3.04. The lowest BCUT2D eigenvalue weighted by Crippen LogP contribution is -2.26. The summed E-state index contributed by atoms with van der Waals surface area (Å²) in [6.07, 6.45) is 2.64. The van der Waals surface area contributed by atoms with E-state index in [9.17, 15) is 0 Å². The van der Waals surface area contributed by atoms with Crippen LogP contribution in [0.1, 0.15) is 25.2 Å². The molecule has 0 aliphatic carbocycles. The third-order valence-electron chi connectivity index (χ3n) is 2.99. The van der Waals surface area contributed by atoms with E-state index < -0.39 is 0 Å². The zero-order chi connectivity index (χ0) is 13.2. The highest BCUT2D eigenvalue weighted by molar-refractivity contribution is 7.13. The number of aryl methyl sites for hydroxylation is 1. The van der Waals surface area contributed by atoms with E-state index in [0.717, 1.165) is 17.9 Å². The molecule has 0 fully saturated rings. The molecule has 0 saturated carbocycles. The fourth-order valence-corrected chi connectivity index (χ4v) is 2.64. The smallest absolute Gasteiger partial charge is 0.129 e. The third kappa shape index (κ3) is 2.94. The maximum absolute atomic E-state index is 5.76. The van der Waals surface area contributed by atoms with Gasteiger partial charge < -0.3 is 5.73 Å². The molecule has 96 valence electrons. The minimum Gasteiger partial charge on any atom is -0.330 e. The molecule has 2 aromatic heterocycles. The first kappa shape index (κ1) is 13.2. The van der Waals surface area contributed by atoms with Crippen LogP contribution in [0.4, 0.5) is 0 Å². The standard InChI is InChI=1S/C14H19N3S/c1-10-5-7-18-13(10)11-4-6-16-12(17-11)8-14(2,3)9-15/h4-7H,8-9,15H2,1-3H3. The summed E-state index contributed by atoms with van der Waals surface area (Å²) in [7, 11) is 0. The van der Waals surface area contributed by atoms with Gasteiger partial charge in [-0.05, 0) is 42.0 Å². The van der Waals surface area contributed by atoms with Crippen molar-refractivity contribution < 1.29 is 0 Å². The monoisotopic (exact) mass is 261 g/mol. The van der Waals surface area contributed by atoms with Crippen molar-refractivity contribution >= 4 is 11.3 Å². The van der Waals surface area contributed by atoms with Crippen molar-refractivity contribution in [2.75, 3.05) is 6.54 Å². The summed E-state index contributed by atoms with van der Waals surface area (Å²) in [5.74, 6) is 0.871. The van der Waals surface area contributed by atoms with Crippen LogP contribution in [0.25, 0.3) is 10.6 Å². The Kier molecular flexibility index (Phi) is 3.78. The van der Waals surface area contributed by atoms with Gasteiger partial charge in [-0.3, -0.25) is 0 Å². The minimum atomic E-state index is 0.0448. The Morgan fingerprint density at radius 1 is 1.33 bits per heavy atom. The van der Waals surface area contributed by atoms with Crippen LogP contribution in [-0.4, -0.2) is 16.5 Å². The molecule has 2 heterocycles. The van der Waals surface area contributed by atoms with Crippen molar-refractivity contribution in [1.29, 1.82) is 0 Å². The van der Waals surface area contributed by atoms with E-state index in [2.05, 4.69) is 42.2 Å². The summed E-state index contributed by atoms with van der Waals surface area (Å²) < 4.78 is 0. The maximum Gasteiger partial charge on any atom is 0.129 e. The van der Waals surface area contributed by atoms with E-state index in [-0.39, 0.29) is 5.41 Å². The maximum atomic E-state index is 5.76. The second-order valence-electron chi connectivity index (χ2n) is 5.34. The lowest BCUT2D eigenvalue weighted by atomic mass is 9.89. The summed E-state index contributed by atoms with van der Waals surface area (Å²) >= 11 is 1.72. The van der Waals surface area contributed by atoms with E-state index in [0.29, 0.717) is 6.54 Å². The highest BCUT2D eigenvalue weighted by Gasteiger charge is 2.18. The third-order valence-corrected chi connectivity index (χ3v) is 4.03. The Morgan fingerprint density at radius 3 is 2.72 bits per heavy atom. The van der Waals surface area contributed by atoms with E-state index in [1.165, 1.54) is 10.4 Å². The van der Waals surface area contributed by atoms with Crippen LogP contribution in [0.5, 0.6) is 0 Å². The Balaban J connectivity index is 2.29. The van der Waals surface area contributed by atoms with E-state index in [1.54, 1.807) is 11.3 Å². The largest absolute Gasteiger partial charge is 0.330 e. The minimum absolute atomic E-state index is 0.0448. The lowest BCUT2D eigenvalue weighted by molar-refractivity contribution is 0.368. The van der Waals surface area contributed by atoms with Gasteiger partial charge in [0.25, 0.3) is 0 Å². The van der Waals surface area contributed by atoms with Crippen molar-refractivity contribution in [3.8, 4) is 10.6 Å².